The highest BCUT2D eigenvalue weighted by atomic mass is 16.3. The Hall–Kier alpha value is -0.120. The summed E-state index contributed by atoms with van der Waals surface area (Å²) < 4.78 is 0. The average Bonchev–Trinajstić information content (AvgIpc) is 2.38. The first-order valence-corrected chi connectivity index (χ1v) is 7.15. The highest BCUT2D eigenvalue weighted by molar-refractivity contribution is 4.95. The van der Waals surface area contributed by atoms with Gasteiger partial charge < -0.3 is 16.2 Å². The normalized spacial score (nSPS) is 33.4. The van der Waals surface area contributed by atoms with Crippen molar-refractivity contribution in [3.63, 3.8) is 0 Å². The van der Waals surface area contributed by atoms with Crippen molar-refractivity contribution in [2.24, 2.45) is 17.6 Å². The van der Waals surface area contributed by atoms with Gasteiger partial charge in [0.15, 0.2) is 0 Å². The molecule has 2 unspecified atom stereocenters. The van der Waals surface area contributed by atoms with E-state index in [1.807, 2.05) is 0 Å². The van der Waals surface area contributed by atoms with Gasteiger partial charge in [0.2, 0.25) is 0 Å². The van der Waals surface area contributed by atoms with Crippen LogP contribution in [0.3, 0.4) is 0 Å². The Balaban J connectivity index is 2.52. The predicted molar refractivity (Wildman–Crippen MR) is 72.9 cm³/mol. The number of hydrogen-bond acceptors (Lipinski definition) is 3. The minimum Gasteiger partial charge on any atom is -0.396 e. The lowest BCUT2D eigenvalue weighted by Gasteiger charge is -2.43. The lowest BCUT2D eigenvalue weighted by molar-refractivity contribution is 0.140. The second kappa shape index (κ2) is 6.72. The van der Waals surface area contributed by atoms with Gasteiger partial charge in [-0.15, -0.1) is 0 Å². The molecular weight excluding hydrogens is 212 g/mol. The molecule has 0 aromatic rings. The first-order chi connectivity index (χ1) is 8.06. The van der Waals surface area contributed by atoms with Gasteiger partial charge in [-0.1, -0.05) is 20.3 Å². The van der Waals surface area contributed by atoms with Crippen LogP contribution in [-0.2, 0) is 0 Å². The summed E-state index contributed by atoms with van der Waals surface area (Å²) in [6.45, 7) is 7.48. The lowest BCUT2D eigenvalue weighted by atomic mass is 9.75. The van der Waals surface area contributed by atoms with E-state index in [1.54, 1.807) is 0 Å². The Labute approximate surface area is 106 Å². The molecule has 0 radical (unpaired) electrons. The Morgan fingerprint density at radius 3 is 2.35 bits per heavy atom. The molecule has 1 fully saturated rings. The first-order valence-electron chi connectivity index (χ1n) is 7.15. The van der Waals surface area contributed by atoms with E-state index >= 15 is 0 Å². The van der Waals surface area contributed by atoms with Crippen molar-refractivity contribution >= 4 is 0 Å². The quantitative estimate of drug-likeness (QED) is 0.666. The van der Waals surface area contributed by atoms with E-state index < -0.39 is 0 Å². The van der Waals surface area contributed by atoms with E-state index in [0.29, 0.717) is 18.5 Å². The molecule has 1 aliphatic rings. The van der Waals surface area contributed by atoms with Crippen molar-refractivity contribution in [3.05, 3.63) is 0 Å². The zero-order chi connectivity index (χ0) is 12.9. The van der Waals surface area contributed by atoms with Crippen LogP contribution in [0.25, 0.3) is 0 Å². The number of hydrogen-bond donors (Lipinski definition) is 3. The van der Waals surface area contributed by atoms with Crippen molar-refractivity contribution in [3.8, 4) is 0 Å². The number of nitrogens with two attached hydrogens (primary N) is 1. The summed E-state index contributed by atoms with van der Waals surface area (Å²) >= 11 is 0. The van der Waals surface area contributed by atoms with Gasteiger partial charge in [0.1, 0.15) is 0 Å². The van der Waals surface area contributed by atoms with Crippen LogP contribution in [0.2, 0.25) is 0 Å². The molecule has 0 aromatic heterocycles. The maximum absolute atomic E-state index is 9.20. The second-order valence-electron chi connectivity index (χ2n) is 5.93. The molecule has 2 atom stereocenters. The molecule has 0 saturated heterocycles. The van der Waals surface area contributed by atoms with Gasteiger partial charge in [0.25, 0.3) is 0 Å². The standard InChI is InChI=1S/C14H30N2O/c1-4-13-5-7-14(10-15,8-6-13)16-12(3)11(2)9-17/h11-13,16-17H,4-10,15H2,1-3H3. The van der Waals surface area contributed by atoms with Crippen LogP contribution >= 0.6 is 0 Å². The van der Waals surface area contributed by atoms with Crippen molar-refractivity contribution in [2.75, 3.05) is 13.2 Å². The van der Waals surface area contributed by atoms with Gasteiger partial charge in [0.05, 0.1) is 0 Å². The van der Waals surface area contributed by atoms with Crippen molar-refractivity contribution in [2.45, 2.75) is 64.5 Å². The molecule has 0 bridgehead atoms. The van der Waals surface area contributed by atoms with Crippen LogP contribution in [0.1, 0.15) is 52.9 Å². The van der Waals surface area contributed by atoms with Gasteiger partial charge in [-0.25, -0.2) is 0 Å². The average molecular weight is 242 g/mol. The van der Waals surface area contributed by atoms with Crippen molar-refractivity contribution < 1.29 is 5.11 Å². The predicted octanol–water partition coefficient (Wildman–Crippen LogP) is 1.89. The summed E-state index contributed by atoms with van der Waals surface area (Å²) in [7, 11) is 0. The summed E-state index contributed by atoms with van der Waals surface area (Å²) in [5, 5.41) is 12.9. The molecule has 1 saturated carbocycles. The van der Waals surface area contributed by atoms with E-state index in [9.17, 15) is 5.11 Å². The summed E-state index contributed by atoms with van der Waals surface area (Å²) in [5.74, 6) is 1.18. The third-order valence-electron chi connectivity index (χ3n) is 4.71. The fraction of sp³-hybridized carbons (Fsp3) is 1.00. The van der Waals surface area contributed by atoms with E-state index in [1.165, 1.54) is 32.1 Å². The Morgan fingerprint density at radius 1 is 1.35 bits per heavy atom. The summed E-state index contributed by atoms with van der Waals surface area (Å²) in [4.78, 5) is 0. The fourth-order valence-corrected chi connectivity index (χ4v) is 2.83. The highest BCUT2D eigenvalue weighted by Gasteiger charge is 2.35. The van der Waals surface area contributed by atoms with Crippen LogP contribution in [0.15, 0.2) is 0 Å². The molecule has 1 aliphatic carbocycles. The lowest BCUT2D eigenvalue weighted by Crippen LogP contribution is -2.57. The third-order valence-corrected chi connectivity index (χ3v) is 4.71. The number of aliphatic hydroxyl groups is 1. The molecule has 0 aliphatic heterocycles. The molecular formula is C14H30N2O. The Morgan fingerprint density at radius 2 is 1.94 bits per heavy atom. The molecule has 102 valence electrons. The Bertz CT molecular complexity index is 212. The SMILES string of the molecule is CCC1CCC(CN)(NC(C)C(C)CO)CC1. The molecule has 17 heavy (non-hydrogen) atoms. The molecule has 1 rings (SSSR count). The largest absolute Gasteiger partial charge is 0.396 e. The zero-order valence-corrected chi connectivity index (χ0v) is 11.7. The molecule has 3 heteroatoms. The molecule has 0 heterocycles. The van der Waals surface area contributed by atoms with Gasteiger partial charge in [-0.3, -0.25) is 0 Å². The summed E-state index contributed by atoms with van der Waals surface area (Å²) in [5.41, 5.74) is 6.11. The van der Waals surface area contributed by atoms with Crippen LogP contribution in [0.5, 0.6) is 0 Å². The maximum atomic E-state index is 9.20. The van der Waals surface area contributed by atoms with Crippen molar-refractivity contribution in [1.29, 1.82) is 0 Å². The third kappa shape index (κ3) is 3.94. The van der Waals surface area contributed by atoms with Crippen LogP contribution < -0.4 is 11.1 Å². The topological polar surface area (TPSA) is 58.3 Å². The van der Waals surface area contributed by atoms with Gasteiger partial charge in [-0.2, -0.15) is 0 Å². The highest BCUT2D eigenvalue weighted by Crippen LogP contribution is 2.33. The summed E-state index contributed by atoms with van der Waals surface area (Å²) in [6.07, 6.45) is 6.25. The Kier molecular flexibility index (Phi) is 5.90. The van der Waals surface area contributed by atoms with Gasteiger partial charge in [-0.05, 0) is 44.4 Å². The van der Waals surface area contributed by atoms with Crippen molar-refractivity contribution in [1.82, 2.24) is 5.32 Å². The molecule has 0 spiro atoms. The van der Waals surface area contributed by atoms with Gasteiger partial charge in [0, 0.05) is 24.7 Å². The van der Waals surface area contributed by atoms with Crippen LogP contribution in [-0.4, -0.2) is 29.8 Å². The molecule has 0 amide bonds. The smallest absolute Gasteiger partial charge is 0.0471 e. The molecule has 4 N–H and O–H groups in total. The maximum Gasteiger partial charge on any atom is 0.0471 e. The minimum absolute atomic E-state index is 0.120. The first kappa shape index (κ1) is 14.9. The summed E-state index contributed by atoms with van der Waals surface area (Å²) in [6, 6.07) is 0.335. The van der Waals surface area contributed by atoms with Crippen LogP contribution in [0.4, 0.5) is 0 Å². The monoisotopic (exact) mass is 242 g/mol. The van der Waals surface area contributed by atoms with Crippen LogP contribution in [0, 0.1) is 11.8 Å². The van der Waals surface area contributed by atoms with Gasteiger partial charge >= 0.3 is 0 Å². The molecule has 0 aromatic carbocycles. The van der Waals surface area contributed by atoms with E-state index in [0.717, 1.165) is 5.92 Å². The second-order valence-corrected chi connectivity index (χ2v) is 5.93. The van der Waals surface area contributed by atoms with E-state index in [2.05, 4.69) is 26.1 Å². The zero-order valence-electron chi connectivity index (χ0n) is 11.7. The fourth-order valence-electron chi connectivity index (χ4n) is 2.83. The molecule has 3 nitrogen and oxygen atoms in total. The number of aliphatic hydroxyl groups excluding tert-OH is 1. The minimum atomic E-state index is 0.120. The van der Waals surface area contributed by atoms with E-state index in [-0.39, 0.29) is 12.1 Å². The number of nitrogens with one attached hydrogen (secondary N) is 1. The number of rotatable bonds is 6. The van der Waals surface area contributed by atoms with E-state index in [4.69, 9.17) is 5.73 Å².